The van der Waals surface area contributed by atoms with Gasteiger partial charge in [-0.15, -0.1) is 0 Å². The molecule has 2 aliphatic rings. The van der Waals surface area contributed by atoms with Gasteiger partial charge < -0.3 is 15.0 Å². The summed E-state index contributed by atoms with van der Waals surface area (Å²) < 4.78 is 4.74. The van der Waals surface area contributed by atoms with Crippen LogP contribution in [0, 0.1) is 0 Å². The van der Waals surface area contributed by atoms with Gasteiger partial charge in [0.25, 0.3) is 0 Å². The molecule has 1 saturated heterocycles. The summed E-state index contributed by atoms with van der Waals surface area (Å²) in [6.07, 6.45) is 1.53. The predicted octanol–water partition coefficient (Wildman–Crippen LogP) is 1.02. The average molecular weight is 258 g/mol. The number of benzene rings is 1. The molecule has 0 bridgehead atoms. The molecule has 1 N–H and O–H groups in total. The van der Waals surface area contributed by atoms with E-state index in [2.05, 4.69) is 5.32 Å². The molecule has 5 heteroatoms. The highest BCUT2D eigenvalue weighted by Gasteiger charge is 2.33. The van der Waals surface area contributed by atoms with Crippen LogP contribution in [0.15, 0.2) is 36.4 Å². The topological polar surface area (TPSA) is 58.6 Å². The van der Waals surface area contributed by atoms with E-state index >= 15 is 0 Å². The normalized spacial score (nSPS) is 21.9. The van der Waals surface area contributed by atoms with Crippen molar-refractivity contribution in [2.45, 2.75) is 6.04 Å². The molecule has 19 heavy (non-hydrogen) atoms. The lowest BCUT2D eigenvalue weighted by atomic mass is 10.1. The minimum Gasteiger partial charge on any atom is -0.447 e. The fourth-order valence-corrected chi connectivity index (χ4v) is 2.32. The van der Waals surface area contributed by atoms with Gasteiger partial charge in [0, 0.05) is 13.1 Å². The van der Waals surface area contributed by atoms with Gasteiger partial charge in [0.15, 0.2) is 0 Å². The van der Waals surface area contributed by atoms with Crippen molar-refractivity contribution in [1.82, 2.24) is 10.2 Å². The molecule has 1 aromatic carbocycles. The van der Waals surface area contributed by atoms with Crippen LogP contribution in [0.25, 0.3) is 5.57 Å². The Morgan fingerprint density at radius 2 is 2.11 bits per heavy atom. The van der Waals surface area contributed by atoms with E-state index in [0.29, 0.717) is 13.1 Å². The molecule has 1 fully saturated rings. The molecule has 3 rings (SSSR count). The van der Waals surface area contributed by atoms with Crippen LogP contribution < -0.4 is 5.32 Å². The smallest absolute Gasteiger partial charge is 0.407 e. The molecule has 2 aliphatic heterocycles. The molecule has 1 aromatic rings. The summed E-state index contributed by atoms with van der Waals surface area (Å²) in [5.74, 6) is -0.0898. The number of nitrogens with one attached hydrogen (secondary N) is 1. The highest BCUT2D eigenvalue weighted by molar-refractivity contribution is 5.90. The van der Waals surface area contributed by atoms with Gasteiger partial charge >= 0.3 is 6.09 Å². The molecule has 0 radical (unpaired) electrons. The molecule has 2 amide bonds. The first kappa shape index (κ1) is 11.8. The Labute approximate surface area is 110 Å². The molecular weight excluding hydrogens is 244 g/mol. The average Bonchev–Trinajstić information content (AvgIpc) is 3.08. The van der Waals surface area contributed by atoms with E-state index in [-0.39, 0.29) is 12.5 Å². The Hall–Kier alpha value is -2.30. The van der Waals surface area contributed by atoms with E-state index in [9.17, 15) is 9.59 Å². The fraction of sp³-hybridized carbons (Fsp3) is 0.286. The van der Waals surface area contributed by atoms with E-state index in [1.807, 2.05) is 36.4 Å². The lowest BCUT2D eigenvalue weighted by molar-refractivity contribution is -0.131. The van der Waals surface area contributed by atoms with Crippen molar-refractivity contribution in [1.29, 1.82) is 0 Å². The van der Waals surface area contributed by atoms with E-state index in [1.165, 1.54) is 0 Å². The van der Waals surface area contributed by atoms with Crippen LogP contribution in [0.4, 0.5) is 4.79 Å². The number of amides is 2. The van der Waals surface area contributed by atoms with Gasteiger partial charge in [-0.2, -0.15) is 0 Å². The number of hydrogen-bond acceptors (Lipinski definition) is 3. The standard InChI is InChI=1S/C14H14N2O3/c17-13(12-9-19-14(18)15-12)16-7-6-11(8-16)10-4-2-1-3-5-10/h1-6,12H,7-9H2,(H,15,18)/t12-/m0/s1. The van der Waals surface area contributed by atoms with Crippen LogP contribution in [0.2, 0.25) is 0 Å². The number of carbonyl (C=O) groups excluding carboxylic acids is 2. The zero-order valence-corrected chi connectivity index (χ0v) is 10.3. The van der Waals surface area contributed by atoms with Crippen molar-refractivity contribution in [2.75, 3.05) is 19.7 Å². The molecule has 0 aromatic heterocycles. The highest BCUT2D eigenvalue weighted by Crippen LogP contribution is 2.21. The van der Waals surface area contributed by atoms with E-state index in [0.717, 1.165) is 11.1 Å². The summed E-state index contributed by atoms with van der Waals surface area (Å²) in [6, 6.07) is 9.43. The monoisotopic (exact) mass is 258 g/mol. The van der Waals surface area contributed by atoms with Crippen molar-refractivity contribution < 1.29 is 14.3 Å². The van der Waals surface area contributed by atoms with Crippen LogP contribution in [0.5, 0.6) is 0 Å². The van der Waals surface area contributed by atoms with Crippen LogP contribution in [-0.2, 0) is 9.53 Å². The Kier molecular flexibility index (Phi) is 2.95. The molecule has 0 spiro atoms. The lowest BCUT2D eigenvalue weighted by Crippen LogP contribution is -2.44. The van der Waals surface area contributed by atoms with Gasteiger partial charge in [0.1, 0.15) is 12.6 Å². The molecular formula is C14H14N2O3. The van der Waals surface area contributed by atoms with Crippen molar-refractivity contribution in [3.63, 3.8) is 0 Å². The molecule has 5 nitrogen and oxygen atoms in total. The maximum atomic E-state index is 12.2. The minimum absolute atomic E-state index is 0.0898. The third kappa shape index (κ3) is 2.31. The molecule has 0 unspecified atom stereocenters. The Balaban J connectivity index is 1.65. The van der Waals surface area contributed by atoms with Crippen LogP contribution in [-0.4, -0.2) is 42.6 Å². The molecule has 0 saturated carbocycles. The summed E-state index contributed by atoms with van der Waals surface area (Å²) in [6.45, 7) is 1.28. The van der Waals surface area contributed by atoms with Crippen LogP contribution in [0.3, 0.4) is 0 Å². The zero-order valence-electron chi connectivity index (χ0n) is 10.3. The van der Waals surface area contributed by atoms with Crippen LogP contribution >= 0.6 is 0 Å². The van der Waals surface area contributed by atoms with E-state index in [1.54, 1.807) is 4.90 Å². The Morgan fingerprint density at radius 3 is 2.79 bits per heavy atom. The molecule has 2 heterocycles. The van der Waals surface area contributed by atoms with Gasteiger partial charge in [0.05, 0.1) is 0 Å². The van der Waals surface area contributed by atoms with Crippen LogP contribution in [0.1, 0.15) is 5.56 Å². The van der Waals surface area contributed by atoms with Gasteiger partial charge in [0.2, 0.25) is 5.91 Å². The molecule has 98 valence electrons. The third-order valence-electron chi connectivity index (χ3n) is 3.35. The van der Waals surface area contributed by atoms with Crippen molar-refractivity contribution >= 4 is 17.6 Å². The Morgan fingerprint density at radius 1 is 1.32 bits per heavy atom. The summed E-state index contributed by atoms with van der Waals surface area (Å²) in [5.41, 5.74) is 2.27. The van der Waals surface area contributed by atoms with Gasteiger partial charge in [-0.25, -0.2) is 4.79 Å². The summed E-state index contributed by atoms with van der Waals surface area (Å²) in [4.78, 5) is 24.8. The van der Waals surface area contributed by atoms with Gasteiger partial charge in [-0.3, -0.25) is 4.79 Å². The Bertz CT molecular complexity index is 539. The second kappa shape index (κ2) is 4.76. The number of rotatable bonds is 2. The first-order valence-corrected chi connectivity index (χ1v) is 6.20. The number of ether oxygens (including phenoxy) is 1. The number of hydrogen-bond donors (Lipinski definition) is 1. The predicted molar refractivity (Wildman–Crippen MR) is 69.3 cm³/mol. The van der Waals surface area contributed by atoms with Gasteiger partial charge in [-0.05, 0) is 11.1 Å². The first-order chi connectivity index (χ1) is 9.24. The number of carbonyl (C=O) groups is 2. The summed E-state index contributed by atoms with van der Waals surface area (Å²) in [7, 11) is 0. The molecule has 1 atom stereocenters. The van der Waals surface area contributed by atoms with E-state index in [4.69, 9.17) is 4.74 Å². The number of cyclic esters (lactones) is 1. The van der Waals surface area contributed by atoms with Gasteiger partial charge in [-0.1, -0.05) is 36.4 Å². The van der Waals surface area contributed by atoms with Crippen molar-refractivity contribution in [3.8, 4) is 0 Å². The van der Waals surface area contributed by atoms with Crippen molar-refractivity contribution in [3.05, 3.63) is 42.0 Å². The van der Waals surface area contributed by atoms with Crippen molar-refractivity contribution in [2.24, 2.45) is 0 Å². The van der Waals surface area contributed by atoms with E-state index < -0.39 is 12.1 Å². The number of alkyl carbamates (subject to hydrolysis) is 1. The minimum atomic E-state index is -0.545. The third-order valence-corrected chi connectivity index (χ3v) is 3.35. The zero-order chi connectivity index (χ0) is 13.2. The number of nitrogens with zero attached hydrogens (tertiary/aromatic N) is 1. The second-order valence-corrected chi connectivity index (χ2v) is 4.61. The fourth-order valence-electron chi connectivity index (χ4n) is 2.32. The largest absolute Gasteiger partial charge is 0.447 e. The first-order valence-electron chi connectivity index (χ1n) is 6.20. The summed E-state index contributed by atoms with van der Waals surface area (Å²) >= 11 is 0. The maximum absolute atomic E-state index is 12.2. The molecule has 0 aliphatic carbocycles. The SMILES string of the molecule is O=C1N[C@H](C(=O)N2CC=C(c3ccccc3)C2)CO1. The lowest BCUT2D eigenvalue weighted by Gasteiger charge is -2.19. The second-order valence-electron chi connectivity index (χ2n) is 4.61. The summed E-state index contributed by atoms with van der Waals surface area (Å²) in [5, 5.41) is 2.51. The maximum Gasteiger partial charge on any atom is 0.407 e. The quantitative estimate of drug-likeness (QED) is 0.861. The highest BCUT2D eigenvalue weighted by atomic mass is 16.6.